The van der Waals surface area contributed by atoms with Gasteiger partial charge in [-0.2, -0.15) is 0 Å². The molecule has 4 nitrogen and oxygen atoms in total. The number of hydrogen-bond acceptors (Lipinski definition) is 3. The van der Waals surface area contributed by atoms with Crippen LogP contribution in [0.15, 0.2) is 36.4 Å². The number of fused-ring (bicyclic) bond motifs is 2. The van der Waals surface area contributed by atoms with Crippen molar-refractivity contribution in [2.45, 2.75) is 65.0 Å². The standard InChI is InChI=1S/C25H29F3N2O2/c1-3-9-29(10-4-2)21-12-18-11-20-16-30(24(31)23(20)14-19(18)13-21)15-17-5-7-22(8-6-17)32-25(26,27)28/h5-8,11,14,21H,3-4,9-10,12-13,15-16H2,1-2H3. The van der Waals surface area contributed by atoms with Gasteiger partial charge in [-0.15, -0.1) is 13.2 Å². The van der Waals surface area contributed by atoms with Gasteiger partial charge in [0.15, 0.2) is 0 Å². The third-order valence-corrected chi connectivity index (χ3v) is 6.28. The largest absolute Gasteiger partial charge is 0.573 e. The topological polar surface area (TPSA) is 32.8 Å². The Hall–Kier alpha value is -2.54. The molecule has 1 unspecified atom stereocenters. The predicted molar refractivity (Wildman–Crippen MR) is 116 cm³/mol. The molecule has 0 spiro atoms. The summed E-state index contributed by atoms with van der Waals surface area (Å²) in [5.41, 5.74) is 5.19. The van der Waals surface area contributed by atoms with E-state index in [0.29, 0.717) is 19.1 Å². The maximum Gasteiger partial charge on any atom is 0.573 e. The minimum Gasteiger partial charge on any atom is -0.406 e. The summed E-state index contributed by atoms with van der Waals surface area (Å²) in [7, 11) is 0. The molecule has 7 heteroatoms. The van der Waals surface area contributed by atoms with E-state index in [0.717, 1.165) is 55.5 Å². The molecule has 1 heterocycles. The molecule has 2 aliphatic rings. The summed E-state index contributed by atoms with van der Waals surface area (Å²) in [5.74, 6) is -0.274. The van der Waals surface area contributed by atoms with Crippen LogP contribution in [0.1, 0.15) is 59.3 Å². The maximum absolute atomic E-state index is 13.0. The van der Waals surface area contributed by atoms with Crippen molar-refractivity contribution >= 4 is 5.91 Å². The lowest BCUT2D eigenvalue weighted by molar-refractivity contribution is -0.274. The van der Waals surface area contributed by atoms with E-state index in [4.69, 9.17) is 0 Å². The van der Waals surface area contributed by atoms with E-state index in [1.807, 2.05) is 0 Å². The van der Waals surface area contributed by atoms with Crippen molar-refractivity contribution in [2.24, 2.45) is 0 Å². The lowest BCUT2D eigenvalue weighted by atomic mass is 10.0. The van der Waals surface area contributed by atoms with Crippen LogP contribution in [0.3, 0.4) is 0 Å². The quantitative estimate of drug-likeness (QED) is 0.550. The first-order chi connectivity index (χ1) is 15.3. The van der Waals surface area contributed by atoms with Gasteiger partial charge in [0.25, 0.3) is 5.91 Å². The van der Waals surface area contributed by atoms with Crippen LogP contribution in [-0.4, -0.2) is 41.2 Å². The van der Waals surface area contributed by atoms with Crippen molar-refractivity contribution in [2.75, 3.05) is 13.1 Å². The fraction of sp³-hybridized carbons (Fsp3) is 0.480. The molecule has 0 fully saturated rings. The number of halogens is 3. The Labute approximate surface area is 187 Å². The van der Waals surface area contributed by atoms with E-state index in [1.165, 1.54) is 23.3 Å². The minimum atomic E-state index is -4.71. The maximum atomic E-state index is 13.0. The Morgan fingerprint density at radius 1 is 1.00 bits per heavy atom. The third-order valence-electron chi connectivity index (χ3n) is 6.28. The van der Waals surface area contributed by atoms with E-state index in [1.54, 1.807) is 17.0 Å². The van der Waals surface area contributed by atoms with Gasteiger partial charge in [-0.1, -0.05) is 32.0 Å². The molecule has 0 N–H and O–H groups in total. The van der Waals surface area contributed by atoms with Crippen LogP contribution in [0.25, 0.3) is 0 Å². The Bertz CT molecular complexity index is 966. The summed E-state index contributed by atoms with van der Waals surface area (Å²) in [5, 5.41) is 0. The summed E-state index contributed by atoms with van der Waals surface area (Å²) in [6.45, 7) is 7.51. The second-order valence-corrected chi connectivity index (χ2v) is 8.73. The molecule has 32 heavy (non-hydrogen) atoms. The molecule has 1 aliphatic heterocycles. The molecule has 0 radical (unpaired) electrons. The van der Waals surface area contributed by atoms with Crippen molar-refractivity contribution in [1.29, 1.82) is 0 Å². The number of nitrogens with zero attached hydrogens (tertiary/aromatic N) is 2. The first kappa shape index (κ1) is 22.6. The highest BCUT2D eigenvalue weighted by Crippen LogP contribution is 2.33. The van der Waals surface area contributed by atoms with Crippen molar-refractivity contribution in [3.8, 4) is 5.75 Å². The molecule has 0 saturated carbocycles. The molecular formula is C25H29F3N2O2. The third kappa shape index (κ3) is 4.93. The van der Waals surface area contributed by atoms with Crippen molar-refractivity contribution in [1.82, 2.24) is 9.80 Å². The zero-order valence-electron chi connectivity index (χ0n) is 18.5. The highest BCUT2D eigenvalue weighted by molar-refractivity contribution is 5.98. The Balaban J connectivity index is 1.43. The van der Waals surface area contributed by atoms with E-state index in [-0.39, 0.29) is 11.7 Å². The molecule has 1 amide bonds. The van der Waals surface area contributed by atoms with Gasteiger partial charge in [-0.25, -0.2) is 0 Å². The Morgan fingerprint density at radius 3 is 2.22 bits per heavy atom. The van der Waals surface area contributed by atoms with E-state index >= 15 is 0 Å². The van der Waals surface area contributed by atoms with Gasteiger partial charge in [0.05, 0.1) is 0 Å². The molecule has 1 aliphatic carbocycles. The summed E-state index contributed by atoms with van der Waals surface area (Å²) in [6.07, 6.45) is -0.425. The zero-order chi connectivity index (χ0) is 22.9. The zero-order valence-corrected chi connectivity index (χ0v) is 18.5. The van der Waals surface area contributed by atoms with Crippen molar-refractivity contribution in [3.63, 3.8) is 0 Å². The first-order valence-electron chi connectivity index (χ1n) is 11.3. The summed E-state index contributed by atoms with van der Waals surface area (Å²) < 4.78 is 40.9. The van der Waals surface area contributed by atoms with Gasteiger partial charge in [0.1, 0.15) is 5.75 Å². The molecule has 0 saturated heterocycles. The fourth-order valence-electron chi connectivity index (χ4n) is 4.93. The fourth-order valence-corrected chi connectivity index (χ4v) is 4.93. The monoisotopic (exact) mass is 446 g/mol. The Kier molecular flexibility index (Phi) is 6.47. The number of ether oxygens (including phenoxy) is 1. The average molecular weight is 447 g/mol. The van der Waals surface area contributed by atoms with E-state index in [9.17, 15) is 18.0 Å². The van der Waals surface area contributed by atoms with Crippen LogP contribution in [0.4, 0.5) is 13.2 Å². The number of rotatable bonds is 8. The van der Waals surface area contributed by atoms with Gasteiger partial charge in [-0.05, 0) is 79.2 Å². The molecule has 0 bridgehead atoms. The van der Waals surface area contributed by atoms with Gasteiger partial charge < -0.3 is 9.64 Å². The van der Waals surface area contributed by atoms with Crippen LogP contribution in [-0.2, 0) is 25.9 Å². The smallest absolute Gasteiger partial charge is 0.406 e. The van der Waals surface area contributed by atoms with Crippen molar-refractivity contribution in [3.05, 3.63) is 64.2 Å². The molecular weight excluding hydrogens is 417 g/mol. The molecule has 2 aromatic carbocycles. The average Bonchev–Trinajstić information content (AvgIpc) is 3.27. The number of alkyl halides is 3. The number of carbonyl (C=O) groups is 1. The van der Waals surface area contributed by atoms with E-state index in [2.05, 4.69) is 35.6 Å². The lowest BCUT2D eigenvalue weighted by Gasteiger charge is -2.27. The normalized spacial score (nSPS) is 17.8. The van der Waals surface area contributed by atoms with E-state index < -0.39 is 6.36 Å². The van der Waals surface area contributed by atoms with Crippen LogP contribution in [0.2, 0.25) is 0 Å². The second-order valence-electron chi connectivity index (χ2n) is 8.73. The van der Waals surface area contributed by atoms with Crippen LogP contribution in [0, 0.1) is 0 Å². The SMILES string of the molecule is CCCN(CCC)C1Cc2cc3c(cc2C1)C(=O)N(Cc1ccc(OC(F)(F)F)cc1)C3. The molecule has 2 aromatic rings. The highest BCUT2D eigenvalue weighted by atomic mass is 19.4. The molecule has 0 aromatic heterocycles. The van der Waals surface area contributed by atoms with Crippen LogP contribution < -0.4 is 4.74 Å². The number of benzene rings is 2. The summed E-state index contributed by atoms with van der Waals surface area (Å²) in [4.78, 5) is 17.3. The molecule has 172 valence electrons. The van der Waals surface area contributed by atoms with Gasteiger partial charge in [0, 0.05) is 24.7 Å². The van der Waals surface area contributed by atoms with Gasteiger partial charge >= 0.3 is 6.36 Å². The summed E-state index contributed by atoms with van der Waals surface area (Å²) in [6, 6.07) is 10.5. The van der Waals surface area contributed by atoms with Gasteiger partial charge in [0.2, 0.25) is 0 Å². The van der Waals surface area contributed by atoms with Gasteiger partial charge in [-0.3, -0.25) is 9.69 Å². The number of hydrogen-bond donors (Lipinski definition) is 0. The minimum absolute atomic E-state index is 0.0131. The first-order valence-corrected chi connectivity index (χ1v) is 11.3. The van der Waals surface area contributed by atoms with Crippen LogP contribution >= 0.6 is 0 Å². The number of carbonyl (C=O) groups excluding carboxylic acids is 1. The highest BCUT2D eigenvalue weighted by Gasteiger charge is 2.33. The predicted octanol–water partition coefficient (Wildman–Crippen LogP) is 5.33. The van der Waals surface area contributed by atoms with Crippen molar-refractivity contribution < 1.29 is 22.7 Å². The van der Waals surface area contributed by atoms with Crippen LogP contribution in [0.5, 0.6) is 5.75 Å². The Morgan fingerprint density at radius 2 is 1.62 bits per heavy atom. The lowest BCUT2D eigenvalue weighted by Crippen LogP contribution is -2.37. The number of amides is 1. The molecule has 4 rings (SSSR count). The molecule has 1 atom stereocenters. The second kappa shape index (κ2) is 9.14. The summed E-state index contributed by atoms with van der Waals surface area (Å²) >= 11 is 0.